The van der Waals surface area contributed by atoms with Crippen molar-refractivity contribution in [3.63, 3.8) is 0 Å². The Kier molecular flexibility index (Phi) is 4.89. The smallest absolute Gasteiger partial charge is 0.231 e. The third-order valence-electron chi connectivity index (χ3n) is 2.61. The van der Waals surface area contributed by atoms with Crippen molar-refractivity contribution in [2.75, 3.05) is 20.6 Å². The minimum atomic E-state index is 0.239. The van der Waals surface area contributed by atoms with Gasteiger partial charge >= 0.3 is 0 Å². The molecule has 0 aliphatic heterocycles. The lowest BCUT2D eigenvalue weighted by Crippen LogP contribution is -2.30. The Morgan fingerprint density at radius 2 is 2.06 bits per heavy atom. The Labute approximate surface area is 97.2 Å². The third-order valence-corrected chi connectivity index (χ3v) is 2.61. The van der Waals surface area contributed by atoms with Crippen LogP contribution in [0.15, 0.2) is 4.52 Å². The summed E-state index contributed by atoms with van der Waals surface area (Å²) in [6.07, 6.45) is 0. The quantitative estimate of drug-likeness (QED) is 0.790. The molecule has 1 rings (SSSR count). The fourth-order valence-corrected chi connectivity index (χ4v) is 1.51. The minimum absolute atomic E-state index is 0.239. The summed E-state index contributed by atoms with van der Waals surface area (Å²) in [4.78, 5) is 6.42. The van der Waals surface area contributed by atoms with Crippen molar-refractivity contribution in [1.82, 2.24) is 20.4 Å². The fraction of sp³-hybridized carbons (Fsp3) is 0.818. The van der Waals surface area contributed by atoms with Gasteiger partial charge in [-0.3, -0.25) is 0 Å². The second-order valence-corrected chi connectivity index (χ2v) is 4.42. The number of nitrogens with zero attached hydrogens (tertiary/aromatic N) is 3. The van der Waals surface area contributed by atoms with E-state index in [1.165, 1.54) is 0 Å². The van der Waals surface area contributed by atoms with Crippen molar-refractivity contribution in [3.8, 4) is 0 Å². The largest absolute Gasteiger partial charge is 0.339 e. The third kappa shape index (κ3) is 3.57. The predicted molar refractivity (Wildman–Crippen MR) is 63.2 cm³/mol. The van der Waals surface area contributed by atoms with E-state index in [9.17, 15) is 0 Å². The first-order valence-corrected chi connectivity index (χ1v) is 5.75. The number of aromatic nitrogens is 2. The topological polar surface area (TPSA) is 54.2 Å². The molecule has 2 atom stereocenters. The van der Waals surface area contributed by atoms with E-state index < -0.39 is 0 Å². The number of hydrogen-bond donors (Lipinski definition) is 1. The molecule has 0 fully saturated rings. The molecule has 1 aromatic rings. The van der Waals surface area contributed by atoms with Crippen LogP contribution in [0.4, 0.5) is 0 Å². The molecule has 5 heteroatoms. The zero-order valence-electron chi connectivity index (χ0n) is 10.8. The highest BCUT2D eigenvalue weighted by Gasteiger charge is 2.19. The minimum Gasteiger partial charge on any atom is -0.339 e. The summed E-state index contributed by atoms with van der Waals surface area (Å²) in [5.41, 5.74) is 0. The second kappa shape index (κ2) is 5.96. The first-order chi connectivity index (χ1) is 7.54. The van der Waals surface area contributed by atoms with E-state index in [0.29, 0.717) is 18.5 Å². The van der Waals surface area contributed by atoms with E-state index in [1.807, 2.05) is 19.0 Å². The van der Waals surface area contributed by atoms with E-state index in [-0.39, 0.29) is 5.92 Å². The van der Waals surface area contributed by atoms with Gasteiger partial charge in [-0.15, -0.1) is 0 Å². The van der Waals surface area contributed by atoms with Crippen molar-refractivity contribution in [1.29, 1.82) is 0 Å². The zero-order chi connectivity index (χ0) is 12.1. The maximum atomic E-state index is 5.27. The molecule has 1 heterocycles. The van der Waals surface area contributed by atoms with Crippen molar-refractivity contribution in [2.24, 2.45) is 0 Å². The van der Waals surface area contributed by atoms with Crippen LogP contribution >= 0.6 is 0 Å². The lowest BCUT2D eigenvalue weighted by Gasteiger charge is -2.16. The monoisotopic (exact) mass is 226 g/mol. The van der Waals surface area contributed by atoms with Gasteiger partial charge in [-0.05, 0) is 27.6 Å². The Hall–Kier alpha value is -0.940. The lowest BCUT2D eigenvalue weighted by atomic mass is 10.0. The van der Waals surface area contributed by atoms with Crippen LogP contribution in [0, 0.1) is 0 Å². The Morgan fingerprint density at radius 1 is 1.38 bits per heavy atom. The van der Waals surface area contributed by atoms with Crippen LogP contribution in [0.25, 0.3) is 0 Å². The van der Waals surface area contributed by atoms with Gasteiger partial charge in [0.15, 0.2) is 5.82 Å². The van der Waals surface area contributed by atoms with Crippen molar-refractivity contribution < 1.29 is 4.52 Å². The van der Waals surface area contributed by atoms with Crippen molar-refractivity contribution in [3.05, 3.63) is 11.7 Å². The summed E-state index contributed by atoms with van der Waals surface area (Å²) in [7, 11) is 3.97. The van der Waals surface area contributed by atoms with Crippen LogP contribution in [0.3, 0.4) is 0 Å². The Balaban J connectivity index is 2.62. The predicted octanol–water partition coefficient (Wildman–Crippen LogP) is 1.23. The highest BCUT2D eigenvalue weighted by atomic mass is 16.5. The van der Waals surface area contributed by atoms with Gasteiger partial charge in [-0.1, -0.05) is 19.0 Å². The molecule has 0 bridgehead atoms. The molecule has 0 saturated carbocycles. The summed E-state index contributed by atoms with van der Waals surface area (Å²) in [5, 5.41) is 7.32. The number of likely N-dealkylation sites (N-methyl/N-ethyl adjacent to an activating group) is 1. The van der Waals surface area contributed by atoms with Gasteiger partial charge < -0.3 is 14.7 Å². The lowest BCUT2D eigenvalue weighted by molar-refractivity contribution is 0.322. The molecule has 0 aliphatic rings. The molecule has 92 valence electrons. The average molecular weight is 226 g/mol. The molecule has 16 heavy (non-hydrogen) atoms. The molecular formula is C11H22N4O. The van der Waals surface area contributed by atoms with E-state index in [0.717, 1.165) is 12.4 Å². The Bertz CT molecular complexity index is 311. The van der Waals surface area contributed by atoms with Crippen LogP contribution in [0.5, 0.6) is 0 Å². The molecule has 1 N–H and O–H groups in total. The molecule has 0 aromatic carbocycles. The van der Waals surface area contributed by atoms with Gasteiger partial charge in [-0.25, -0.2) is 0 Å². The molecule has 0 spiro atoms. The van der Waals surface area contributed by atoms with Gasteiger partial charge in [0.1, 0.15) is 0 Å². The van der Waals surface area contributed by atoms with Crippen LogP contribution in [0.2, 0.25) is 0 Å². The molecule has 0 radical (unpaired) electrons. The highest BCUT2D eigenvalue weighted by molar-refractivity contribution is 4.96. The van der Waals surface area contributed by atoms with Crippen molar-refractivity contribution in [2.45, 2.75) is 39.3 Å². The fourth-order valence-electron chi connectivity index (χ4n) is 1.51. The van der Waals surface area contributed by atoms with Gasteiger partial charge in [0.2, 0.25) is 5.89 Å². The maximum absolute atomic E-state index is 5.27. The van der Waals surface area contributed by atoms with Gasteiger partial charge in [0.05, 0.1) is 12.5 Å². The maximum Gasteiger partial charge on any atom is 0.231 e. The van der Waals surface area contributed by atoms with E-state index in [1.54, 1.807) is 0 Å². The van der Waals surface area contributed by atoms with Gasteiger partial charge in [-0.2, -0.15) is 4.98 Å². The Morgan fingerprint density at radius 3 is 2.62 bits per heavy atom. The summed E-state index contributed by atoms with van der Waals surface area (Å²) < 4.78 is 5.27. The second-order valence-electron chi connectivity index (χ2n) is 4.42. The molecule has 1 aromatic heterocycles. The number of nitrogens with one attached hydrogen (secondary N) is 1. The normalized spacial score (nSPS) is 15.4. The van der Waals surface area contributed by atoms with Gasteiger partial charge in [0.25, 0.3) is 0 Å². The highest BCUT2D eigenvalue weighted by Crippen LogP contribution is 2.17. The van der Waals surface area contributed by atoms with Crippen LogP contribution in [0.1, 0.15) is 38.4 Å². The first kappa shape index (κ1) is 13.1. The summed E-state index contributed by atoms with van der Waals surface area (Å²) in [6, 6.07) is 0.345. The summed E-state index contributed by atoms with van der Waals surface area (Å²) in [5.74, 6) is 1.70. The average Bonchev–Trinajstić information content (AvgIpc) is 2.64. The zero-order valence-corrected chi connectivity index (χ0v) is 10.8. The van der Waals surface area contributed by atoms with Crippen molar-refractivity contribution >= 4 is 0 Å². The van der Waals surface area contributed by atoms with Gasteiger partial charge in [0, 0.05) is 6.04 Å². The molecular weight excluding hydrogens is 204 g/mol. The molecule has 5 nitrogen and oxygen atoms in total. The number of hydrogen-bond acceptors (Lipinski definition) is 5. The summed E-state index contributed by atoms with van der Waals surface area (Å²) >= 11 is 0. The van der Waals surface area contributed by atoms with Crippen LogP contribution in [-0.2, 0) is 6.54 Å². The van der Waals surface area contributed by atoms with E-state index in [4.69, 9.17) is 4.52 Å². The SMILES string of the molecule is CCNC(C)C(C)c1nc(CN(C)C)no1. The standard InChI is InChI=1S/C11H22N4O/c1-6-12-9(3)8(2)11-13-10(14-16-11)7-15(4)5/h8-9,12H,6-7H2,1-5H3. The molecule has 0 saturated heterocycles. The van der Waals surface area contributed by atoms with Crippen LogP contribution < -0.4 is 5.32 Å². The van der Waals surface area contributed by atoms with E-state index in [2.05, 4.69) is 36.2 Å². The molecule has 0 aliphatic carbocycles. The molecule has 2 unspecified atom stereocenters. The molecule has 0 amide bonds. The first-order valence-electron chi connectivity index (χ1n) is 5.75. The number of rotatable bonds is 6. The summed E-state index contributed by atoms with van der Waals surface area (Å²) in [6.45, 7) is 7.98. The van der Waals surface area contributed by atoms with E-state index >= 15 is 0 Å². The van der Waals surface area contributed by atoms with Crippen LogP contribution in [-0.4, -0.2) is 41.7 Å².